The van der Waals surface area contributed by atoms with Gasteiger partial charge in [0, 0.05) is 12.5 Å². The van der Waals surface area contributed by atoms with Crippen molar-refractivity contribution in [2.24, 2.45) is 5.92 Å². The number of urea groups is 1. The molecule has 0 bridgehead atoms. The topological polar surface area (TPSA) is 105 Å². The van der Waals surface area contributed by atoms with Crippen LogP contribution in [0, 0.1) is 5.92 Å². The molecule has 0 spiro atoms. The van der Waals surface area contributed by atoms with Crippen molar-refractivity contribution < 1.29 is 24.2 Å². The molecule has 108 valence electrons. The first-order valence-corrected chi connectivity index (χ1v) is 6.34. The lowest BCUT2D eigenvalue weighted by atomic mass is 10.1. The highest BCUT2D eigenvalue weighted by Crippen LogP contribution is 2.32. The number of esters is 1. The second-order valence-electron chi connectivity index (χ2n) is 4.63. The Morgan fingerprint density at radius 1 is 1.42 bits per heavy atom. The van der Waals surface area contributed by atoms with Crippen molar-refractivity contribution in [1.29, 1.82) is 0 Å². The third-order valence-electron chi connectivity index (χ3n) is 3.23. The summed E-state index contributed by atoms with van der Waals surface area (Å²) in [4.78, 5) is 33.5. The van der Waals surface area contributed by atoms with Gasteiger partial charge in [0.25, 0.3) is 0 Å². The summed E-state index contributed by atoms with van der Waals surface area (Å²) >= 11 is 0. The quantitative estimate of drug-likeness (QED) is 0.585. The molecule has 7 heteroatoms. The van der Waals surface area contributed by atoms with E-state index in [0.29, 0.717) is 5.92 Å². The minimum absolute atomic E-state index is 0.0112. The van der Waals surface area contributed by atoms with Crippen molar-refractivity contribution in [2.75, 3.05) is 7.11 Å². The molecule has 2 amide bonds. The van der Waals surface area contributed by atoms with Crippen LogP contribution in [0.3, 0.4) is 0 Å². The van der Waals surface area contributed by atoms with Crippen LogP contribution >= 0.6 is 0 Å². The highest BCUT2D eigenvalue weighted by Gasteiger charge is 2.37. The maximum Gasteiger partial charge on any atom is 0.326 e. The summed E-state index contributed by atoms with van der Waals surface area (Å²) in [5, 5.41) is 14.0. The summed E-state index contributed by atoms with van der Waals surface area (Å²) in [6.07, 6.45) is 1.89. The van der Waals surface area contributed by atoms with Gasteiger partial charge in [-0.15, -0.1) is 0 Å². The SMILES string of the molecule is CCC1CC1NC(=O)N[C@H](CCC(=O)OC)C(=O)O. The first-order chi connectivity index (χ1) is 8.97. The van der Waals surface area contributed by atoms with Crippen LogP contribution in [0.25, 0.3) is 0 Å². The van der Waals surface area contributed by atoms with Crippen LogP contribution < -0.4 is 10.6 Å². The molecule has 3 atom stereocenters. The summed E-state index contributed by atoms with van der Waals surface area (Å²) in [6.45, 7) is 2.04. The van der Waals surface area contributed by atoms with E-state index >= 15 is 0 Å². The second-order valence-corrected chi connectivity index (χ2v) is 4.63. The largest absolute Gasteiger partial charge is 0.480 e. The van der Waals surface area contributed by atoms with E-state index < -0.39 is 24.0 Å². The van der Waals surface area contributed by atoms with Crippen LogP contribution in [0.15, 0.2) is 0 Å². The molecule has 19 heavy (non-hydrogen) atoms. The van der Waals surface area contributed by atoms with E-state index in [1.54, 1.807) is 0 Å². The van der Waals surface area contributed by atoms with Gasteiger partial charge in [-0.05, 0) is 18.8 Å². The van der Waals surface area contributed by atoms with Crippen molar-refractivity contribution in [3.05, 3.63) is 0 Å². The summed E-state index contributed by atoms with van der Waals surface area (Å²) < 4.78 is 4.43. The average molecular weight is 272 g/mol. The Kier molecular flexibility index (Phi) is 5.59. The van der Waals surface area contributed by atoms with Crippen LogP contribution in [0.5, 0.6) is 0 Å². The van der Waals surface area contributed by atoms with Gasteiger partial charge in [0.1, 0.15) is 6.04 Å². The van der Waals surface area contributed by atoms with Crippen LogP contribution in [-0.2, 0) is 14.3 Å². The number of hydrogen-bond donors (Lipinski definition) is 3. The van der Waals surface area contributed by atoms with Crippen molar-refractivity contribution >= 4 is 18.0 Å². The molecule has 3 N–H and O–H groups in total. The average Bonchev–Trinajstić information content (AvgIpc) is 3.11. The third-order valence-corrected chi connectivity index (χ3v) is 3.23. The van der Waals surface area contributed by atoms with E-state index in [0.717, 1.165) is 12.8 Å². The van der Waals surface area contributed by atoms with E-state index in [1.807, 2.05) is 6.92 Å². The van der Waals surface area contributed by atoms with Gasteiger partial charge >= 0.3 is 18.0 Å². The van der Waals surface area contributed by atoms with Crippen molar-refractivity contribution in [1.82, 2.24) is 10.6 Å². The van der Waals surface area contributed by atoms with Crippen LogP contribution in [0.1, 0.15) is 32.6 Å². The molecular weight excluding hydrogens is 252 g/mol. The third kappa shape index (κ3) is 5.15. The van der Waals surface area contributed by atoms with Gasteiger partial charge in [-0.1, -0.05) is 13.3 Å². The molecule has 0 saturated heterocycles. The van der Waals surface area contributed by atoms with Gasteiger partial charge < -0.3 is 20.5 Å². The Bertz CT molecular complexity index is 358. The summed E-state index contributed by atoms with van der Waals surface area (Å²) in [7, 11) is 1.23. The second kappa shape index (κ2) is 6.96. The lowest BCUT2D eigenvalue weighted by Gasteiger charge is -2.14. The monoisotopic (exact) mass is 272 g/mol. The molecule has 1 saturated carbocycles. The van der Waals surface area contributed by atoms with E-state index in [-0.39, 0.29) is 18.9 Å². The van der Waals surface area contributed by atoms with Crippen molar-refractivity contribution in [2.45, 2.75) is 44.7 Å². The van der Waals surface area contributed by atoms with E-state index in [2.05, 4.69) is 15.4 Å². The zero-order valence-corrected chi connectivity index (χ0v) is 11.1. The number of methoxy groups -OCH3 is 1. The number of hydrogen-bond acceptors (Lipinski definition) is 4. The van der Waals surface area contributed by atoms with Crippen molar-refractivity contribution in [3.63, 3.8) is 0 Å². The van der Waals surface area contributed by atoms with Gasteiger partial charge in [-0.2, -0.15) is 0 Å². The number of rotatable bonds is 7. The number of ether oxygens (including phenoxy) is 1. The molecule has 1 aliphatic carbocycles. The van der Waals surface area contributed by atoms with Gasteiger partial charge in [0.2, 0.25) is 0 Å². The van der Waals surface area contributed by atoms with Crippen LogP contribution in [0.2, 0.25) is 0 Å². The molecule has 1 fully saturated rings. The zero-order chi connectivity index (χ0) is 14.4. The fourth-order valence-corrected chi connectivity index (χ4v) is 1.87. The molecule has 0 aromatic heterocycles. The van der Waals surface area contributed by atoms with Crippen LogP contribution in [0.4, 0.5) is 4.79 Å². The minimum Gasteiger partial charge on any atom is -0.480 e. The van der Waals surface area contributed by atoms with Crippen LogP contribution in [-0.4, -0.2) is 42.3 Å². The number of carboxylic acids is 1. The summed E-state index contributed by atoms with van der Waals surface area (Å²) in [6, 6.07) is -1.45. The molecule has 0 aromatic carbocycles. The number of carbonyl (C=O) groups excluding carboxylic acids is 2. The molecule has 7 nitrogen and oxygen atoms in total. The number of carbonyl (C=O) groups is 3. The van der Waals surface area contributed by atoms with E-state index in [4.69, 9.17) is 5.11 Å². The Hall–Kier alpha value is -1.79. The number of amides is 2. The predicted octanol–water partition coefficient (Wildman–Crippen LogP) is 0.491. The van der Waals surface area contributed by atoms with E-state index in [1.165, 1.54) is 7.11 Å². The first-order valence-electron chi connectivity index (χ1n) is 6.34. The molecule has 0 radical (unpaired) electrons. The maximum atomic E-state index is 11.6. The Labute approximate surface area is 111 Å². The highest BCUT2D eigenvalue weighted by molar-refractivity contribution is 5.83. The molecule has 1 rings (SSSR count). The lowest BCUT2D eigenvalue weighted by Crippen LogP contribution is -2.47. The maximum absolute atomic E-state index is 11.6. The van der Waals surface area contributed by atoms with Gasteiger partial charge in [0.05, 0.1) is 7.11 Å². The first kappa shape index (κ1) is 15.3. The molecule has 0 aliphatic heterocycles. The highest BCUT2D eigenvalue weighted by atomic mass is 16.5. The predicted molar refractivity (Wildman–Crippen MR) is 66.5 cm³/mol. The van der Waals surface area contributed by atoms with Gasteiger partial charge in [-0.25, -0.2) is 9.59 Å². The lowest BCUT2D eigenvalue weighted by molar-refractivity contribution is -0.142. The molecular formula is C12H20N2O5. The fourth-order valence-electron chi connectivity index (χ4n) is 1.87. The molecule has 0 heterocycles. The minimum atomic E-state index is -1.16. The van der Waals surface area contributed by atoms with Crippen molar-refractivity contribution in [3.8, 4) is 0 Å². The zero-order valence-electron chi connectivity index (χ0n) is 11.1. The molecule has 0 aromatic rings. The number of nitrogens with one attached hydrogen (secondary N) is 2. The number of carboxylic acid groups (broad SMARTS) is 1. The Morgan fingerprint density at radius 2 is 2.11 bits per heavy atom. The van der Waals surface area contributed by atoms with Gasteiger partial charge in [0.15, 0.2) is 0 Å². The van der Waals surface area contributed by atoms with Gasteiger partial charge in [-0.3, -0.25) is 4.79 Å². The molecule has 2 unspecified atom stereocenters. The molecule has 1 aliphatic rings. The number of aliphatic carboxylic acids is 1. The standard InChI is InChI=1S/C12H20N2O5/c1-3-7-6-9(7)14-12(18)13-8(11(16)17)4-5-10(15)19-2/h7-9H,3-6H2,1-2H3,(H,16,17)(H2,13,14,18)/t7?,8-,9?/m1/s1. The smallest absolute Gasteiger partial charge is 0.326 e. The summed E-state index contributed by atoms with van der Waals surface area (Å²) in [5.41, 5.74) is 0. The Balaban J connectivity index is 2.34. The summed E-state index contributed by atoms with van der Waals surface area (Å²) in [5.74, 6) is -1.17. The fraction of sp³-hybridized carbons (Fsp3) is 0.750. The van der Waals surface area contributed by atoms with E-state index in [9.17, 15) is 14.4 Å². The normalized spacial score (nSPS) is 22.2. The Morgan fingerprint density at radius 3 is 2.58 bits per heavy atom.